The van der Waals surface area contributed by atoms with E-state index in [4.69, 9.17) is 11.6 Å². The van der Waals surface area contributed by atoms with E-state index in [9.17, 15) is 4.79 Å². The van der Waals surface area contributed by atoms with E-state index in [0.717, 1.165) is 11.3 Å². The van der Waals surface area contributed by atoms with E-state index in [-0.39, 0.29) is 11.7 Å². The second kappa shape index (κ2) is 7.46. The number of aromatic nitrogens is 4. The number of tetrazole rings is 1. The van der Waals surface area contributed by atoms with Gasteiger partial charge in [0.05, 0.1) is 11.4 Å². The molecule has 3 rings (SSSR count). The second-order valence-corrected chi connectivity index (χ2v) is 6.36. The maximum atomic E-state index is 12.1. The summed E-state index contributed by atoms with van der Waals surface area (Å²) < 4.78 is 1.60. The van der Waals surface area contributed by atoms with Gasteiger partial charge in [0.2, 0.25) is 11.1 Å². The minimum Gasteiger partial charge on any atom is -0.325 e. The van der Waals surface area contributed by atoms with Gasteiger partial charge in [-0.3, -0.25) is 4.79 Å². The third-order valence-electron chi connectivity index (χ3n) is 3.23. The molecular formula is C16H14ClN5OS. The average Bonchev–Trinajstić information content (AvgIpc) is 3.06. The number of nitrogens with zero attached hydrogens (tertiary/aromatic N) is 4. The Morgan fingerprint density at radius 3 is 2.79 bits per heavy atom. The van der Waals surface area contributed by atoms with Crippen LogP contribution in [0.15, 0.2) is 53.7 Å². The Kier molecular flexibility index (Phi) is 5.12. The van der Waals surface area contributed by atoms with Crippen molar-refractivity contribution in [2.75, 3.05) is 11.1 Å². The van der Waals surface area contributed by atoms with E-state index < -0.39 is 0 Å². The Balaban J connectivity index is 1.63. The number of amides is 1. The zero-order chi connectivity index (χ0) is 16.9. The smallest absolute Gasteiger partial charge is 0.234 e. The molecule has 0 spiro atoms. The lowest BCUT2D eigenvalue weighted by Gasteiger charge is -2.07. The summed E-state index contributed by atoms with van der Waals surface area (Å²) in [6.07, 6.45) is 0. The normalized spacial score (nSPS) is 10.6. The number of nitrogens with one attached hydrogen (secondary N) is 1. The lowest BCUT2D eigenvalue weighted by molar-refractivity contribution is -0.113. The van der Waals surface area contributed by atoms with Gasteiger partial charge < -0.3 is 5.32 Å². The third-order valence-corrected chi connectivity index (χ3v) is 4.56. The first-order chi connectivity index (χ1) is 11.6. The molecule has 0 saturated heterocycles. The predicted molar refractivity (Wildman–Crippen MR) is 94.7 cm³/mol. The lowest BCUT2D eigenvalue weighted by atomic mass is 10.2. The quantitative estimate of drug-likeness (QED) is 0.707. The highest BCUT2D eigenvalue weighted by Crippen LogP contribution is 2.21. The number of carbonyl (C=O) groups excluding carboxylic acids is 1. The molecule has 0 aliphatic carbocycles. The van der Waals surface area contributed by atoms with Gasteiger partial charge >= 0.3 is 0 Å². The Morgan fingerprint density at radius 2 is 2.04 bits per heavy atom. The van der Waals surface area contributed by atoms with Crippen LogP contribution in [0.25, 0.3) is 5.69 Å². The van der Waals surface area contributed by atoms with Gasteiger partial charge in [0.15, 0.2) is 0 Å². The number of aryl methyl sites for hydroxylation is 1. The molecule has 3 aromatic rings. The summed E-state index contributed by atoms with van der Waals surface area (Å²) in [5.74, 6) is 0.0427. The standard InChI is InChI=1S/C16H14ClN5OS/c1-11-7-8-12(9-14(11)17)18-15(23)10-24-16-19-20-21-22(16)13-5-3-2-4-6-13/h2-9H,10H2,1H3,(H,18,23). The highest BCUT2D eigenvalue weighted by molar-refractivity contribution is 7.99. The van der Waals surface area contributed by atoms with Gasteiger partial charge in [-0.25, -0.2) is 0 Å². The fourth-order valence-electron chi connectivity index (χ4n) is 2.00. The topological polar surface area (TPSA) is 72.7 Å². The zero-order valence-corrected chi connectivity index (χ0v) is 14.4. The highest BCUT2D eigenvalue weighted by atomic mass is 35.5. The molecule has 0 bridgehead atoms. The lowest BCUT2D eigenvalue weighted by Crippen LogP contribution is -2.14. The van der Waals surface area contributed by atoms with E-state index in [1.54, 1.807) is 10.7 Å². The van der Waals surface area contributed by atoms with E-state index in [1.165, 1.54) is 11.8 Å². The van der Waals surface area contributed by atoms with Crippen molar-refractivity contribution in [2.24, 2.45) is 0 Å². The molecule has 24 heavy (non-hydrogen) atoms. The highest BCUT2D eigenvalue weighted by Gasteiger charge is 2.11. The Labute approximate surface area is 148 Å². The van der Waals surface area contributed by atoms with Gasteiger partial charge in [-0.05, 0) is 47.2 Å². The van der Waals surface area contributed by atoms with Crippen LogP contribution in [0.5, 0.6) is 0 Å². The van der Waals surface area contributed by atoms with E-state index in [1.807, 2.05) is 49.4 Å². The molecule has 0 atom stereocenters. The van der Waals surface area contributed by atoms with E-state index in [0.29, 0.717) is 15.9 Å². The largest absolute Gasteiger partial charge is 0.325 e. The van der Waals surface area contributed by atoms with Gasteiger partial charge in [-0.1, -0.05) is 47.6 Å². The molecule has 0 fully saturated rings. The number of anilines is 1. The number of carbonyl (C=O) groups is 1. The minimum atomic E-state index is -0.150. The molecule has 2 aromatic carbocycles. The fourth-order valence-corrected chi connectivity index (χ4v) is 2.87. The fraction of sp³-hybridized carbons (Fsp3) is 0.125. The Morgan fingerprint density at radius 1 is 1.25 bits per heavy atom. The number of benzene rings is 2. The first-order valence-electron chi connectivity index (χ1n) is 7.16. The van der Waals surface area contributed by atoms with Gasteiger partial charge in [0.1, 0.15) is 0 Å². The summed E-state index contributed by atoms with van der Waals surface area (Å²) in [5, 5.41) is 15.6. The van der Waals surface area contributed by atoms with Crippen molar-refractivity contribution in [3.05, 3.63) is 59.1 Å². The summed E-state index contributed by atoms with van der Waals surface area (Å²) in [6.45, 7) is 1.91. The van der Waals surface area contributed by atoms with E-state index in [2.05, 4.69) is 20.8 Å². The van der Waals surface area contributed by atoms with Crippen LogP contribution < -0.4 is 5.32 Å². The van der Waals surface area contributed by atoms with Crippen molar-refractivity contribution in [1.29, 1.82) is 0 Å². The molecule has 122 valence electrons. The van der Waals surface area contributed by atoms with Crippen LogP contribution >= 0.6 is 23.4 Å². The molecule has 0 saturated carbocycles. The van der Waals surface area contributed by atoms with Crippen molar-refractivity contribution in [2.45, 2.75) is 12.1 Å². The summed E-state index contributed by atoms with van der Waals surface area (Å²) in [5.41, 5.74) is 2.47. The van der Waals surface area contributed by atoms with E-state index >= 15 is 0 Å². The molecule has 8 heteroatoms. The summed E-state index contributed by atoms with van der Waals surface area (Å²) in [6, 6.07) is 14.9. The van der Waals surface area contributed by atoms with Crippen LogP contribution in [0.1, 0.15) is 5.56 Å². The third kappa shape index (κ3) is 3.93. The summed E-state index contributed by atoms with van der Waals surface area (Å²) in [7, 11) is 0. The molecule has 0 aliphatic heterocycles. The number of para-hydroxylation sites is 1. The number of thioether (sulfide) groups is 1. The van der Waals surface area contributed by atoms with Gasteiger partial charge in [-0.15, -0.1) is 5.10 Å². The molecule has 6 nitrogen and oxygen atoms in total. The maximum Gasteiger partial charge on any atom is 0.234 e. The molecule has 1 N–H and O–H groups in total. The van der Waals surface area contributed by atoms with Gasteiger partial charge in [0.25, 0.3) is 0 Å². The monoisotopic (exact) mass is 359 g/mol. The SMILES string of the molecule is Cc1ccc(NC(=O)CSc2nnnn2-c2ccccc2)cc1Cl. The van der Waals surface area contributed by atoms with Gasteiger partial charge in [-0.2, -0.15) is 4.68 Å². The molecule has 1 heterocycles. The molecule has 0 unspecified atom stereocenters. The number of rotatable bonds is 5. The van der Waals surface area contributed by atoms with Gasteiger partial charge in [0, 0.05) is 10.7 Å². The maximum absolute atomic E-state index is 12.1. The summed E-state index contributed by atoms with van der Waals surface area (Å²) in [4.78, 5) is 12.1. The Bertz CT molecular complexity index is 853. The van der Waals surface area contributed by atoms with Crippen LogP contribution in [0.2, 0.25) is 5.02 Å². The van der Waals surface area contributed by atoms with Crippen molar-refractivity contribution in [3.8, 4) is 5.69 Å². The van der Waals surface area contributed by atoms with Crippen LogP contribution in [0.4, 0.5) is 5.69 Å². The zero-order valence-electron chi connectivity index (χ0n) is 12.8. The number of hydrogen-bond acceptors (Lipinski definition) is 5. The minimum absolute atomic E-state index is 0.150. The first kappa shape index (κ1) is 16.5. The van der Waals surface area contributed by atoms with Crippen molar-refractivity contribution in [3.63, 3.8) is 0 Å². The Hall–Kier alpha value is -2.38. The average molecular weight is 360 g/mol. The number of hydrogen-bond donors (Lipinski definition) is 1. The molecule has 1 aromatic heterocycles. The summed E-state index contributed by atoms with van der Waals surface area (Å²) >= 11 is 7.32. The first-order valence-corrected chi connectivity index (χ1v) is 8.52. The van der Waals surface area contributed by atoms with Crippen LogP contribution in [-0.4, -0.2) is 31.9 Å². The van der Waals surface area contributed by atoms with Crippen LogP contribution in [-0.2, 0) is 4.79 Å². The molecule has 0 radical (unpaired) electrons. The van der Waals surface area contributed by atoms with Crippen molar-refractivity contribution >= 4 is 35.0 Å². The van der Waals surface area contributed by atoms with Crippen LogP contribution in [0, 0.1) is 6.92 Å². The molecule has 0 aliphatic rings. The second-order valence-electron chi connectivity index (χ2n) is 5.01. The number of halogens is 1. The van der Waals surface area contributed by atoms with Crippen molar-refractivity contribution in [1.82, 2.24) is 20.2 Å². The molecule has 1 amide bonds. The van der Waals surface area contributed by atoms with Crippen LogP contribution in [0.3, 0.4) is 0 Å². The van der Waals surface area contributed by atoms with Crippen molar-refractivity contribution < 1.29 is 4.79 Å². The molecular weight excluding hydrogens is 346 g/mol. The predicted octanol–water partition coefficient (Wildman–Crippen LogP) is 3.35.